The first-order chi connectivity index (χ1) is 10.6. The monoisotopic (exact) mass is 360 g/mol. The lowest BCUT2D eigenvalue weighted by atomic mass is 10.0. The Morgan fingerprint density at radius 2 is 1.74 bits per heavy atom. The number of amides is 1. The second-order valence-electron chi connectivity index (χ2n) is 6.15. The van der Waals surface area contributed by atoms with Gasteiger partial charge in [-0.25, -0.2) is 8.42 Å². The summed E-state index contributed by atoms with van der Waals surface area (Å²) >= 11 is 5.76. The highest BCUT2D eigenvalue weighted by Crippen LogP contribution is 2.17. The number of likely N-dealkylation sites (N-methyl/N-ethyl adjacent to an activating group) is 1. The highest BCUT2D eigenvalue weighted by Gasteiger charge is 2.23. The number of carbonyl (C=O) groups is 1. The maximum absolute atomic E-state index is 12.4. The van der Waals surface area contributed by atoms with Crippen molar-refractivity contribution in [1.29, 1.82) is 0 Å². The van der Waals surface area contributed by atoms with Crippen LogP contribution < -0.4 is 5.32 Å². The van der Waals surface area contributed by atoms with Gasteiger partial charge in [0.1, 0.15) is 0 Å². The average Bonchev–Trinajstić information content (AvgIpc) is 2.45. The third kappa shape index (κ3) is 6.49. The third-order valence-electron chi connectivity index (χ3n) is 3.47. The predicted molar refractivity (Wildman–Crippen MR) is 92.9 cm³/mol. The minimum absolute atomic E-state index is 0.0246. The van der Waals surface area contributed by atoms with Crippen molar-refractivity contribution >= 4 is 27.5 Å². The molecule has 1 aromatic carbocycles. The van der Waals surface area contributed by atoms with Crippen LogP contribution in [0.4, 0.5) is 0 Å². The van der Waals surface area contributed by atoms with Crippen molar-refractivity contribution in [3.63, 3.8) is 0 Å². The molecule has 0 saturated heterocycles. The van der Waals surface area contributed by atoms with E-state index in [1.54, 1.807) is 0 Å². The Hall–Kier alpha value is -1.11. The van der Waals surface area contributed by atoms with Gasteiger partial charge in [0.25, 0.3) is 0 Å². The largest absolute Gasteiger partial charge is 0.353 e. The number of nitrogens with zero attached hydrogens (tertiary/aromatic N) is 1. The lowest BCUT2D eigenvalue weighted by Crippen LogP contribution is -2.41. The standard InChI is InChI=1S/C16H25ClN2O3S/c1-12(2)5-6-13(3)18-16(20)11-19(4)23(21,22)15-9-7-14(17)8-10-15/h7-10,12-13H,5-6,11H2,1-4H3,(H,18,20). The minimum Gasteiger partial charge on any atom is -0.353 e. The molecule has 1 aromatic rings. The number of rotatable bonds is 8. The Balaban J connectivity index is 2.62. The van der Waals surface area contributed by atoms with Crippen molar-refractivity contribution in [3.8, 4) is 0 Å². The summed E-state index contributed by atoms with van der Waals surface area (Å²) in [5.41, 5.74) is 0. The minimum atomic E-state index is -3.70. The molecule has 0 aliphatic rings. The van der Waals surface area contributed by atoms with E-state index >= 15 is 0 Å². The summed E-state index contributed by atoms with van der Waals surface area (Å²) in [5.74, 6) is 0.267. The van der Waals surface area contributed by atoms with Crippen LogP contribution in [0.15, 0.2) is 29.2 Å². The summed E-state index contributed by atoms with van der Waals surface area (Å²) in [6, 6.07) is 5.90. The van der Waals surface area contributed by atoms with Gasteiger partial charge in [0, 0.05) is 18.1 Å². The Labute approximate surface area is 144 Å². The highest BCUT2D eigenvalue weighted by atomic mass is 35.5. The van der Waals surface area contributed by atoms with Crippen LogP contribution in [-0.2, 0) is 14.8 Å². The number of hydrogen-bond acceptors (Lipinski definition) is 3. The van der Waals surface area contributed by atoms with E-state index in [0.717, 1.165) is 17.1 Å². The molecule has 0 saturated carbocycles. The van der Waals surface area contributed by atoms with E-state index in [9.17, 15) is 13.2 Å². The molecule has 1 unspecified atom stereocenters. The zero-order valence-electron chi connectivity index (χ0n) is 14.0. The summed E-state index contributed by atoms with van der Waals surface area (Å²) in [7, 11) is -2.31. The molecule has 0 heterocycles. The van der Waals surface area contributed by atoms with Gasteiger partial charge in [-0.3, -0.25) is 4.79 Å². The smallest absolute Gasteiger partial charge is 0.243 e. The molecule has 0 spiro atoms. The Bertz CT molecular complexity index is 615. The van der Waals surface area contributed by atoms with Crippen LogP contribution in [0.25, 0.3) is 0 Å². The maximum atomic E-state index is 12.4. The second-order valence-corrected chi connectivity index (χ2v) is 8.64. The molecule has 23 heavy (non-hydrogen) atoms. The van der Waals surface area contributed by atoms with Crippen LogP contribution in [-0.4, -0.2) is 38.3 Å². The van der Waals surface area contributed by atoms with Crippen molar-refractivity contribution in [1.82, 2.24) is 9.62 Å². The number of carbonyl (C=O) groups excluding carboxylic acids is 1. The van der Waals surface area contributed by atoms with Crippen LogP contribution in [0.2, 0.25) is 5.02 Å². The van der Waals surface area contributed by atoms with E-state index in [1.165, 1.54) is 31.3 Å². The van der Waals surface area contributed by atoms with E-state index in [1.807, 2.05) is 6.92 Å². The van der Waals surface area contributed by atoms with Gasteiger partial charge in [-0.1, -0.05) is 25.4 Å². The first kappa shape index (κ1) is 19.9. The quantitative estimate of drug-likeness (QED) is 0.775. The van der Waals surface area contributed by atoms with Gasteiger partial charge in [-0.2, -0.15) is 4.31 Å². The number of benzene rings is 1. The molecule has 0 bridgehead atoms. The van der Waals surface area contributed by atoms with Crippen LogP contribution in [0.5, 0.6) is 0 Å². The van der Waals surface area contributed by atoms with Gasteiger partial charge in [0.15, 0.2) is 0 Å². The normalized spacial score (nSPS) is 13.3. The van der Waals surface area contributed by atoms with Crippen LogP contribution in [0, 0.1) is 5.92 Å². The van der Waals surface area contributed by atoms with E-state index < -0.39 is 10.0 Å². The summed E-state index contributed by atoms with van der Waals surface area (Å²) in [4.78, 5) is 12.1. The number of hydrogen-bond donors (Lipinski definition) is 1. The van der Waals surface area contributed by atoms with Crippen molar-refractivity contribution < 1.29 is 13.2 Å². The molecule has 0 aliphatic carbocycles. The summed E-state index contributed by atoms with van der Waals surface area (Å²) in [6.07, 6.45) is 1.89. The van der Waals surface area contributed by atoms with Gasteiger partial charge < -0.3 is 5.32 Å². The molecular weight excluding hydrogens is 336 g/mol. The summed E-state index contributed by atoms with van der Waals surface area (Å²) in [5, 5.41) is 3.29. The maximum Gasteiger partial charge on any atom is 0.243 e. The zero-order valence-corrected chi connectivity index (χ0v) is 15.6. The lowest BCUT2D eigenvalue weighted by Gasteiger charge is -2.19. The molecule has 5 nitrogen and oxygen atoms in total. The predicted octanol–water partition coefficient (Wildman–Crippen LogP) is 2.90. The fraction of sp³-hybridized carbons (Fsp3) is 0.562. The average molecular weight is 361 g/mol. The molecule has 1 atom stereocenters. The fourth-order valence-corrected chi connectivity index (χ4v) is 3.30. The molecule has 7 heteroatoms. The van der Waals surface area contributed by atoms with Crippen LogP contribution in [0.3, 0.4) is 0 Å². The number of nitrogens with one attached hydrogen (secondary N) is 1. The SMILES string of the molecule is CC(C)CCC(C)NC(=O)CN(C)S(=O)(=O)c1ccc(Cl)cc1. The van der Waals surface area contributed by atoms with Gasteiger partial charge in [0.05, 0.1) is 11.4 Å². The highest BCUT2D eigenvalue weighted by molar-refractivity contribution is 7.89. The Kier molecular flexibility index (Phi) is 7.51. The van der Waals surface area contributed by atoms with Gasteiger partial charge in [-0.15, -0.1) is 0 Å². The van der Waals surface area contributed by atoms with Crippen molar-refractivity contribution in [2.24, 2.45) is 5.92 Å². The molecule has 0 radical (unpaired) electrons. The van der Waals surface area contributed by atoms with Crippen molar-refractivity contribution in [2.75, 3.05) is 13.6 Å². The molecule has 0 aliphatic heterocycles. The molecule has 0 aromatic heterocycles. The Morgan fingerprint density at radius 1 is 1.17 bits per heavy atom. The van der Waals surface area contributed by atoms with E-state index in [4.69, 9.17) is 11.6 Å². The van der Waals surface area contributed by atoms with E-state index in [-0.39, 0.29) is 23.4 Å². The zero-order chi connectivity index (χ0) is 17.6. The second kappa shape index (κ2) is 8.66. The Morgan fingerprint density at radius 3 is 2.26 bits per heavy atom. The van der Waals surface area contributed by atoms with E-state index in [2.05, 4.69) is 19.2 Å². The first-order valence-corrected chi connectivity index (χ1v) is 9.46. The van der Waals surface area contributed by atoms with Gasteiger partial charge >= 0.3 is 0 Å². The van der Waals surface area contributed by atoms with Crippen LogP contribution in [0.1, 0.15) is 33.6 Å². The van der Waals surface area contributed by atoms with Crippen molar-refractivity contribution in [2.45, 2.75) is 44.6 Å². The summed E-state index contributed by atoms with van der Waals surface area (Å²) < 4.78 is 25.8. The topological polar surface area (TPSA) is 66.5 Å². The van der Waals surface area contributed by atoms with Gasteiger partial charge in [-0.05, 0) is 49.9 Å². The van der Waals surface area contributed by atoms with Crippen LogP contribution >= 0.6 is 11.6 Å². The molecule has 1 amide bonds. The van der Waals surface area contributed by atoms with Crippen molar-refractivity contribution in [3.05, 3.63) is 29.3 Å². The summed E-state index contributed by atoms with van der Waals surface area (Å²) in [6.45, 7) is 5.97. The third-order valence-corrected chi connectivity index (χ3v) is 5.54. The number of sulfonamides is 1. The van der Waals surface area contributed by atoms with Gasteiger partial charge in [0.2, 0.25) is 15.9 Å². The first-order valence-electron chi connectivity index (χ1n) is 7.64. The molecule has 1 N–H and O–H groups in total. The van der Waals surface area contributed by atoms with E-state index in [0.29, 0.717) is 10.9 Å². The fourth-order valence-electron chi connectivity index (χ4n) is 2.05. The molecule has 130 valence electrons. The molecule has 1 rings (SSSR count). The molecule has 0 fully saturated rings. The lowest BCUT2D eigenvalue weighted by molar-refractivity contribution is -0.121. The number of halogens is 1. The molecular formula is C16H25ClN2O3S.